The van der Waals surface area contributed by atoms with Crippen molar-refractivity contribution in [2.75, 3.05) is 5.32 Å². The molecule has 1 amide bonds. The molecule has 0 atom stereocenters. The van der Waals surface area contributed by atoms with Crippen LogP contribution in [0.1, 0.15) is 20.8 Å². The number of carbonyl (C=O) groups is 1. The fourth-order valence-electron chi connectivity index (χ4n) is 1.76. The van der Waals surface area contributed by atoms with Crippen molar-refractivity contribution in [1.29, 1.82) is 0 Å². The molecular weight excluding hydrogens is 306 g/mol. The van der Waals surface area contributed by atoms with Gasteiger partial charge in [-0.25, -0.2) is 4.79 Å². The molecule has 3 nitrogen and oxygen atoms in total. The van der Waals surface area contributed by atoms with Crippen LogP contribution in [0.5, 0.6) is 0 Å². The Kier molecular flexibility index (Phi) is 3.80. The number of amides is 1. The van der Waals surface area contributed by atoms with E-state index in [1.807, 2.05) is 57.2 Å². The number of halogens is 1. The highest BCUT2D eigenvalue weighted by atomic mass is 79.9. The maximum Gasteiger partial charge on any atom is 0.412 e. The highest BCUT2D eigenvalue weighted by Crippen LogP contribution is 2.28. The number of nitrogens with one attached hydrogen (secondary N) is 1. The van der Waals surface area contributed by atoms with Gasteiger partial charge in [-0.15, -0.1) is 0 Å². The zero-order valence-corrected chi connectivity index (χ0v) is 12.7. The number of ether oxygens (including phenoxy) is 1. The molecule has 0 saturated heterocycles. The summed E-state index contributed by atoms with van der Waals surface area (Å²) >= 11 is 3.51. The van der Waals surface area contributed by atoms with Crippen LogP contribution in [-0.4, -0.2) is 11.7 Å². The molecule has 0 aliphatic carbocycles. The van der Waals surface area contributed by atoms with Crippen LogP contribution in [-0.2, 0) is 4.74 Å². The normalized spacial score (nSPS) is 11.4. The Labute approximate surface area is 121 Å². The smallest absolute Gasteiger partial charge is 0.412 e. The van der Waals surface area contributed by atoms with E-state index in [0.717, 1.165) is 15.2 Å². The summed E-state index contributed by atoms with van der Waals surface area (Å²) in [6.45, 7) is 5.51. The Balaban J connectivity index is 2.24. The predicted octanol–water partition coefficient (Wildman–Crippen LogP) is 4.95. The molecule has 1 N–H and O–H groups in total. The zero-order chi connectivity index (χ0) is 14.0. The molecular formula is C15H16BrNO2. The summed E-state index contributed by atoms with van der Waals surface area (Å²) in [5.41, 5.74) is 0.206. The van der Waals surface area contributed by atoms with Crippen molar-refractivity contribution in [3.63, 3.8) is 0 Å². The molecule has 0 spiro atoms. The Hall–Kier alpha value is -1.55. The maximum absolute atomic E-state index is 11.7. The average molecular weight is 322 g/mol. The van der Waals surface area contributed by atoms with E-state index in [9.17, 15) is 4.79 Å². The van der Waals surface area contributed by atoms with Crippen molar-refractivity contribution in [3.8, 4) is 0 Å². The van der Waals surface area contributed by atoms with Crippen molar-refractivity contribution >= 4 is 38.5 Å². The second-order valence-corrected chi connectivity index (χ2v) is 6.16. The van der Waals surface area contributed by atoms with Crippen molar-refractivity contribution in [1.82, 2.24) is 0 Å². The van der Waals surface area contributed by atoms with Gasteiger partial charge in [0.05, 0.1) is 0 Å². The zero-order valence-electron chi connectivity index (χ0n) is 11.2. The topological polar surface area (TPSA) is 38.3 Å². The third-order valence-corrected chi connectivity index (χ3v) is 3.11. The largest absolute Gasteiger partial charge is 0.444 e. The fourth-order valence-corrected chi connectivity index (χ4v) is 2.37. The molecule has 2 aromatic rings. The first-order valence-corrected chi connectivity index (χ1v) is 6.83. The average Bonchev–Trinajstić information content (AvgIpc) is 2.26. The molecule has 4 heteroatoms. The number of hydrogen-bond acceptors (Lipinski definition) is 2. The first-order chi connectivity index (χ1) is 8.85. The van der Waals surface area contributed by atoms with Gasteiger partial charge in [0, 0.05) is 10.2 Å². The van der Waals surface area contributed by atoms with Crippen LogP contribution in [0.15, 0.2) is 40.9 Å². The van der Waals surface area contributed by atoms with E-state index >= 15 is 0 Å². The van der Waals surface area contributed by atoms with Gasteiger partial charge >= 0.3 is 6.09 Å². The lowest BCUT2D eigenvalue weighted by atomic mass is 10.1. The van der Waals surface area contributed by atoms with Gasteiger partial charge in [-0.1, -0.05) is 40.2 Å². The van der Waals surface area contributed by atoms with Gasteiger partial charge in [0.1, 0.15) is 5.60 Å². The minimum atomic E-state index is -0.502. The van der Waals surface area contributed by atoms with Gasteiger partial charge in [-0.3, -0.25) is 5.32 Å². The van der Waals surface area contributed by atoms with Crippen LogP contribution in [0.3, 0.4) is 0 Å². The van der Waals surface area contributed by atoms with Crippen LogP contribution in [0, 0.1) is 0 Å². The third-order valence-electron chi connectivity index (χ3n) is 2.46. The van der Waals surface area contributed by atoms with Gasteiger partial charge in [0.15, 0.2) is 0 Å². The SMILES string of the molecule is CC(C)(C)OC(=O)Nc1cc(Br)c2ccccc2c1. The molecule has 0 bridgehead atoms. The molecule has 0 saturated carbocycles. The molecule has 2 aromatic carbocycles. The number of carbonyl (C=O) groups excluding carboxylic acids is 1. The molecule has 100 valence electrons. The summed E-state index contributed by atoms with van der Waals surface area (Å²) in [5.74, 6) is 0. The standard InChI is InChI=1S/C15H16BrNO2/c1-15(2,3)19-14(18)17-11-8-10-6-4-5-7-12(10)13(16)9-11/h4-9H,1-3H3,(H,17,18). The van der Waals surface area contributed by atoms with Gasteiger partial charge in [-0.2, -0.15) is 0 Å². The van der Waals surface area contributed by atoms with E-state index in [1.54, 1.807) is 0 Å². The minimum Gasteiger partial charge on any atom is -0.444 e. The summed E-state index contributed by atoms with van der Waals surface area (Å²) < 4.78 is 6.17. The summed E-state index contributed by atoms with van der Waals surface area (Å²) in [6.07, 6.45) is -0.449. The Morgan fingerprint density at radius 3 is 2.58 bits per heavy atom. The third kappa shape index (κ3) is 3.70. The van der Waals surface area contributed by atoms with Crippen molar-refractivity contribution in [2.24, 2.45) is 0 Å². The van der Waals surface area contributed by atoms with E-state index in [-0.39, 0.29) is 0 Å². The highest BCUT2D eigenvalue weighted by molar-refractivity contribution is 9.10. The molecule has 0 aromatic heterocycles. The number of fused-ring (bicyclic) bond motifs is 1. The van der Waals surface area contributed by atoms with E-state index in [1.165, 1.54) is 0 Å². The molecule has 0 aliphatic rings. The van der Waals surface area contributed by atoms with Crippen molar-refractivity contribution < 1.29 is 9.53 Å². The molecule has 0 radical (unpaired) electrons. The quantitative estimate of drug-likeness (QED) is 0.807. The molecule has 0 heterocycles. The fraction of sp³-hybridized carbons (Fsp3) is 0.267. The van der Waals surface area contributed by atoms with Gasteiger partial charge < -0.3 is 4.74 Å². The molecule has 19 heavy (non-hydrogen) atoms. The monoisotopic (exact) mass is 321 g/mol. The maximum atomic E-state index is 11.7. The molecule has 2 rings (SSSR count). The Morgan fingerprint density at radius 1 is 1.21 bits per heavy atom. The van der Waals surface area contributed by atoms with Crippen molar-refractivity contribution in [3.05, 3.63) is 40.9 Å². The predicted molar refractivity (Wildman–Crippen MR) is 81.5 cm³/mol. The first-order valence-electron chi connectivity index (χ1n) is 6.03. The van der Waals surface area contributed by atoms with Gasteiger partial charge in [-0.05, 0) is 43.7 Å². The molecule has 0 fully saturated rings. The van der Waals surface area contributed by atoms with Crippen LogP contribution in [0.25, 0.3) is 10.8 Å². The van der Waals surface area contributed by atoms with Gasteiger partial charge in [0.25, 0.3) is 0 Å². The lowest BCUT2D eigenvalue weighted by molar-refractivity contribution is 0.0636. The summed E-state index contributed by atoms with van der Waals surface area (Å²) in [5, 5.41) is 4.91. The summed E-state index contributed by atoms with van der Waals surface area (Å²) in [7, 11) is 0. The van der Waals surface area contributed by atoms with Crippen LogP contribution in [0.4, 0.5) is 10.5 Å². The number of rotatable bonds is 1. The summed E-state index contributed by atoms with van der Waals surface area (Å²) in [6, 6.07) is 11.8. The number of anilines is 1. The Bertz CT molecular complexity index is 617. The van der Waals surface area contributed by atoms with E-state index in [2.05, 4.69) is 21.2 Å². The molecule has 0 unspecified atom stereocenters. The lowest BCUT2D eigenvalue weighted by Crippen LogP contribution is -2.27. The van der Waals surface area contributed by atoms with Crippen LogP contribution < -0.4 is 5.32 Å². The second-order valence-electron chi connectivity index (χ2n) is 5.31. The van der Waals surface area contributed by atoms with E-state index in [4.69, 9.17) is 4.74 Å². The Morgan fingerprint density at radius 2 is 1.89 bits per heavy atom. The van der Waals surface area contributed by atoms with Gasteiger partial charge in [0.2, 0.25) is 0 Å². The van der Waals surface area contributed by atoms with Crippen LogP contribution >= 0.6 is 15.9 Å². The first kappa shape index (κ1) is 13.9. The molecule has 0 aliphatic heterocycles. The van der Waals surface area contributed by atoms with E-state index < -0.39 is 11.7 Å². The highest BCUT2D eigenvalue weighted by Gasteiger charge is 2.16. The number of hydrogen-bond donors (Lipinski definition) is 1. The van der Waals surface area contributed by atoms with Crippen molar-refractivity contribution in [2.45, 2.75) is 26.4 Å². The van der Waals surface area contributed by atoms with Crippen LogP contribution in [0.2, 0.25) is 0 Å². The second kappa shape index (κ2) is 5.21. The number of benzene rings is 2. The lowest BCUT2D eigenvalue weighted by Gasteiger charge is -2.19. The van der Waals surface area contributed by atoms with E-state index in [0.29, 0.717) is 5.69 Å². The summed E-state index contributed by atoms with van der Waals surface area (Å²) in [4.78, 5) is 11.7. The minimum absolute atomic E-state index is 0.449.